The Morgan fingerprint density at radius 1 is 1.33 bits per heavy atom. The third-order valence-electron chi connectivity index (χ3n) is 2.90. The quantitative estimate of drug-likeness (QED) is 0.785. The van der Waals surface area contributed by atoms with Crippen molar-refractivity contribution in [1.82, 2.24) is 0 Å². The van der Waals surface area contributed by atoms with Crippen molar-refractivity contribution < 1.29 is 10.2 Å². The number of nitrogens with zero attached hydrogens (tertiary/aromatic N) is 1. The van der Waals surface area contributed by atoms with Gasteiger partial charge < -0.3 is 15.1 Å². The molecular weight excluding hydrogens is 190 g/mol. The Hall–Kier alpha value is -1.06. The summed E-state index contributed by atoms with van der Waals surface area (Å²) >= 11 is 0. The molecule has 2 N–H and O–H groups in total. The minimum Gasteiger partial charge on any atom is -0.396 e. The number of anilines is 1. The third kappa shape index (κ3) is 2.13. The van der Waals surface area contributed by atoms with Gasteiger partial charge in [-0.1, -0.05) is 18.2 Å². The molecule has 1 heterocycles. The lowest BCUT2D eigenvalue weighted by atomic mass is 9.99. The fourth-order valence-corrected chi connectivity index (χ4v) is 2.11. The molecule has 15 heavy (non-hydrogen) atoms. The van der Waals surface area contributed by atoms with Crippen LogP contribution in [0.2, 0.25) is 0 Å². The standard InChI is InChI=1S/C12H17NO2/c14-9-3-7-13-8-6-12(15)10-4-1-2-5-11(10)13/h1-2,4-5,12,14-15H,3,6-9H2. The molecule has 0 saturated heterocycles. The van der Waals surface area contributed by atoms with E-state index in [9.17, 15) is 5.11 Å². The molecule has 0 saturated carbocycles. The molecule has 0 fully saturated rings. The van der Waals surface area contributed by atoms with Crippen LogP contribution < -0.4 is 4.90 Å². The summed E-state index contributed by atoms with van der Waals surface area (Å²) in [6.07, 6.45) is 1.24. The summed E-state index contributed by atoms with van der Waals surface area (Å²) in [6.45, 7) is 1.96. The van der Waals surface area contributed by atoms with Gasteiger partial charge in [-0.05, 0) is 18.9 Å². The average molecular weight is 207 g/mol. The number of fused-ring (bicyclic) bond motifs is 1. The SMILES string of the molecule is OCCCN1CCC(O)c2ccccc21. The highest BCUT2D eigenvalue weighted by Gasteiger charge is 2.22. The molecule has 0 aliphatic carbocycles. The Morgan fingerprint density at radius 3 is 2.93 bits per heavy atom. The second-order valence-corrected chi connectivity index (χ2v) is 3.93. The number of aliphatic hydroxyl groups is 2. The average Bonchev–Trinajstić information content (AvgIpc) is 2.29. The highest BCUT2D eigenvalue weighted by molar-refractivity contribution is 5.56. The lowest BCUT2D eigenvalue weighted by Gasteiger charge is -2.33. The number of rotatable bonds is 3. The van der Waals surface area contributed by atoms with E-state index >= 15 is 0 Å². The number of hydrogen-bond acceptors (Lipinski definition) is 3. The lowest BCUT2D eigenvalue weighted by Crippen LogP contribution is -2.32. The molecule has 1 aromatic carbocycles. The van der Waals surface area contributed by atoms with Crippen LogP contribution in [-0.2, 0) is 0 Å². The highest BCUT2D eigenvalue weighted by Crippen LogP contribution is 2.33. The van der Waals surface area contributed by atoms with Crippen LogP contribution in [0.3, 0.4) is 0 Å². The van der Waals surface area contributed by atoms with Gasteiger partial charge in [0.1, 0.15) is 0 Å². The third-order valence-corrected chi connectivity index (χ3v) is 2.90. The van der Waals surface area contributed by atoms with Crippen molar-refractivity contribution in [1.29, 1.82) is 0 Å². The van der Waals surface area contributed by atoms with Crippen molar-refractivity contribution in [2.45, 2.75) is 18.9 Å². The van der Waals surface area contributed by atoms with Gasteiger partial charge in [-0.2, -0.15) is 0 Å². The zero-order chi connectivity index (χ0) is 10.7. The van der Waals surface area contributed by atoms with Gasteiger partial charge in [-0.25, -0.2) is 0 Å². The summed E-state index contributed by atoms with van der Waals surface area (Å²) in [5.41, 5.74) is 2.13. The first-order valence-electron chi connectivity index (χ1n) is 5.45. The van der Waals surface area contributed by atoms with Crippen molar-refractivity contribution in [2.75, 3.05) is 24.6 Å². The van der Waals surface area contributed by atoms with E-state index in [2.05, 4.69) is 4.90 Å². The van der Waals surface area contributed by atoms with Gasteiger partial charge in [0.15, 0.2) is 0 Å². The molecule has 1 atom stereocenters. The van der Waals surface area contributed by atoms with Gasteiger partial charge in [0.2, 0.25) is 0 Å². The maximum Gasteiger partial charge on any atom is 0.0826 e. The van der Waals surface area contributed by atoms with Gasteiger partial charge >= 0.3 is 0 Å². The molecule has 1 aromatic rings. The highest BCUT2D eigenvalue weighted by atomic mass is 16.3. The summed E-state index contributed by atoms with van der Waals surface area (Å²) in [4.78, 5) is 2.23. The van der Waals surface area contributed by atoms with E-state index in [-0.39, 0.29) is 12.7 Å². The van der Waals surface area contributed by atoms with Crippen LogP contribution in [0.5, 0.6) is 0 Å². The van der Waals surface area contributed by atoms with E-state index in [1.165, 1.54) is 0 Å². The lowest BCUT2D eigenvalue weighted by molar-refractivity contribution is 0.164. The summed E-state index contributed by atoms with van der Waals surface area (Å²) in [7, 11) is 0. The number of para-hydroxylation sites is 1. The number of hydrogen-bond donors (Lipinski definition) is 2. The molecule has 0 spiro atoms. The minimum atomic E-state index is -0.327. The van der Waals surface area contributed by atoms with Gasteiger partial charge in [-0.3, -0.25) is 0 Å². The Bertz CT molecular complexity index is 327. The number of benzene rings is 1. The van der Waals surface area contributed by atoms with Crippen LogP contribution in [-0.4, -0.2) is 29.9 Å². The maximum atomic E-state index is 9.83. The van der Waals surface area contributed by atoms with Crippen LogP contribution in [0, 0.1) is 0 Å². The predicted octanol–water partition coefficient (Wildman–Crippen LogP) is 1.31. The zero-order valence-corrected chi connectivity index (χ0v) is 8.76. The Labute approximate surface area is 90.0 Å². The van der Waals surface area contributed by atoms with Gasteiger partial charge in [0.05, 0.1) is 6.10 Å². The van der Waals surface area contributed by atoms with E-state index in [1.54, 1.807) is 0 Å². The fraction of sp³-hybridized carbons (Fsp3) is 0.500. The number of aliphatic hydroxyl groups excluding tert-OH is 2. The molecular formula is C12H17NO2. The maximum absolute atomic E-state index is 9.83. The van der Waals surface area contributed by atoms with Crippen molar-refractivity contribution in [3.05, 3.63) is 29.8 Å². The summed E-state index contributed by atoms with van der Waals surface area (Å²) in [6, 6.07) is 7.96. The topological polar surface area (TPSA) is 43.7 Å². The molecule has 3 heteroatoms. The molecule has 1 aliphatic heterocycles. The first-order valence-corrected chi connectivity index (χ1v) is 5.45. The van der Waals surface area contributed by atoms with Gasteiger partial charge in [-0.15, -0.1) is 0 Å². The molecule has 1 aliphatic rings. The zero-order valence-electron chi connectivity index (χ0n) is 8.76. The van der Waals surface area contributed by atoms with E-state index in [1.807, 2.05) is 24.3 Å². The fourth-order valence-electron chi connectivity index (χ4n) is 2.11. The van der Waals surface area contributed by atoms with Crippen molar-refractivity contribution in [2.24, 2.45) is 0 Å². The molecule has 2 rings (SSSR count). The monoisotopic (exact) mass is 207 g/mol. The largest absolute Gasteiger partial charge is 0.396 e. The van der Waals surface area contributed by atoms with Crippen molar-refractivity contribution >= 4 is 5.69 Å². The summed E-state index contributed by atoms with van der Waals surface area (Å²) < 4.78 is 0. The van der Waals surface area contributed by atoms with Crippen LogP contribution >= 0.6 is 0 Å². The van der Waals surface area contributed by atoms with Crippen molar-refractivity contribution in [3.8, 4) is 0 Å². The minimum absolute atomic E-state index is 0.223. The smallest absolute Gasteiger partial charge is 0.0826 e. The van der Waals surface area contributed by atoms with Crippen LogP contribution in [0.4, 0.5) is 5.69 Å². The molecule has 0 aromatic heterocycles. The van der Waals surface area contributed by atoms with Gasteiger partial charge in [0, 0.05) is 30.9 Å². The molecule has 82 valence electrons. The van der Waals surface area contributed by atoms with E-state index in [0.717, 1.165) is 37.2 Å². The Balaban J connectivity index is 2.20. The summed E-state index contributed by atoms with van der Waals surface area (Å²) in [5, 5.41) is 18.6. The molecule has 1 unspecified atom stereocenters. The first-order chi connectivity index (χ1) is 7.33. The van der Waals surface area contributed by atoms with Crippen LogP contribution in [0.25, 0.3) is 0 Å². The molecule has 3 nitrogen and oxygen atoms in total. The second-order valence-electron chi connectivity index (χ2n) is 3.93. The predicted molar refractivity (Wildman–Crippen MR) is 59.9 cm³/mol. The Kier molecular flexibility index (Phi) is 3.23. The van der Waals surface area contributed by atoms with Crippen molar-refractivity contribution in [3.63, 3.8) is 0 Å². The van der Waals surface area contributed by atoms with Crippen LogP contribution in [0.1, 0.15) is 24.5 Å². The molecule has 0 radical (unpaired) electrons. The molecule has 0 bridgehead atoms. The Morgan fingerprint density at radius 2 is 2.13 bits per heavy atom. The second kappa shape index (κ2) is 4.64. The molecule has 0 amide bonds. The van der Waals surface area contributed by atoms with E-state index in [0.29, 0.717) is 0 Å². The van der Waals surface area contributed by atoms with Crippen LogP contribution in [0.15, 0.2) is 24.3 Å². The van der Waals surface area contributed by atoms with E-state index < -0.39 is 0 Å². The normalized spacial score (nSPS) is 20.1. The first kappa shape index (κ1) is 10.5. The summed E-state index contributed by atoms with van der Waals surface area (Å²) in [5.74, 6) is 0. The van der Waals surface area contributed by atoms with E-state index in [4.69, 9.17) is 5.11 Å². The van der Waals surface area contributed by atoms with Gasteiger partial charge in [0.25, 0.3) is 0 Å².